The van der Waals surface area contributed by atoms with Crippen molar-refractivity contribution < 1.29 is 0 Å². The van der Waals surface area contributed by atoms with E-state index in [1.165, 1.54) is 48.6 Å². The lowest BCUT2D eigenvalue weighted by Gasteiger charge is -2.39. The van der Waals surface area contributed by atoms with Crippen molar-refractivity contribution in [3.05, 3.63) is 53.1 Å². The molecule has 1 fully saturated rings. The van der Waals surface area contributed by atoms with Crippen molar-refractivity contribution in [2.24, 2.45) is 0 Å². The largest absolute Gasteiger partial charge is 0.362 e. The molecule has 0 aliphatic carbocycles. The van der Waals surface area contributed by atoms with Crippen LogP contribution in [-0.4, -0.2) is 38.1 Å². The quantitative estimate of drug-likeness (QED) is 0.755. The van der Waals surface area contributed by atoms with Crippen LogP contribution < -0.4 is 9.80 Å². The highest BCUT2D eigenvalue weighted by molar-refractivity contribution is 6.30. The number of halogens is 1. The standard InChI is InChI=1S/C20H24ClN3/c1-22-11-9-17(10-12-22)24-14-15-13-16(21)7-8-18(15)23(2)19-5-3-4-6-20(19)24/h3-8,13,17H,9-12,14H2,1-2H3. The molecule has 0 saturated carbocycles. The summed E-state index contributed by atoms with van der Waals surface area (Å²) in [6.45, 7) is 3.26. The van der Waals surface area contributed by atoms with Crippen LogP contribution in [0.5, 0.6) is 0 Å². The van der Waals surface area contributed by atoms with Gasteiger partial charge in [-0.15, -0.1) is 0 Å². The van der Waals surface area contributed by atoms with Crippen LogP contribution in [0, 0.1) is 0 Å². The first-order valence-electron chi connectivity index (χ1n) is 8.70. The molecule has 0 spiro atoms. The first kappa shape index (κ1) is 15.8. The Labute approximate surface area is 149 Å². The molecule has 2 aliphatic rings. The molecular weight excluding hydrogens is 318 g/mol. The molecular formula is C20H24ClN3. The number of hydrogen-bond acceptors (Lipinski definition) is 3. The second kappa shape index (κ2) is 6.30. The van der Waals surface area contributed by atoms with Gasteiger partial charge in [0.15, 0.2) is 0 Å². The van der Waals surface area contributed by atoms with Gasteiger partial charge in [0, 0.05) is 30.3 Å². The van der Waals surface area contributed by atoms with E-state index in [1.54, 1.807) is 0 Å². The summed E-state index contributed by atoms with van der Waals surface area (Å²) in [5.74, 6) is 0. The molecule has 1 saturated heterocycles. The van der Waals surface area contributed by atoms with Crippen molar-refractivity contribution in [2.75, 3.05) is 37.0 Å². The van der Waals surface area contributed by atoms with E-state index in [9.17, 15) is 0 Å². The van der Waals surface area contributed by atoms with E-state index in [1.807, 2.05) is 6.07 Å². The molecule has 0 amide bonds. The van der Waals surface area contributed by atoms with Crippen LogP contribution in [0.2, 0.25) is 5.02 Å². The number of piperidine rings is 1. The van der Waals surface area contributed by atoms with Gasteiger partial charge >= 0.3 is 0 Å². The molecule has 24 heavy (non-hydrogen) atoms. The Hall–Kier alpha value is -1.71. The highest BCUT2D eigenvalue weighted by atomic mass is 35.5. The minimum absolute atomic E-state index is 0.584. The average molecular weight is 342 g/mol. The van der Waals surface area contributed by atoms with Gasteiger partial charge in [-0.3, -0.25) is 0 Å². The zero-order chi connectivity index (χ0) is 16.7. The third-order valence-electron chi connectivity index (χ3n) is 5.42. The number of hydrogen-bond donors (Lipinski definition) is 0. The molecule has 0 unspecified atom stereocenters. The lowest BCUT2D eigenvalue weighted by atomic mass is 10.0. The van der Waals surface area contributed by atoms with Crippen LogP contribution >= 0.6 is 11.6 Å². The molecule has 4 heteroatoms. The van der Waals surface area contributed by atoms with Gasteiger partial charge in [0.25, 0.3) is 0 Å². The monoisotopic (exact) mass is 341 g/mol. The van der Waals surface area contributed by atoms with Crippen molar-refractivity contribution in [1.29, 1.82) is 0 Å². The number of nitrogens with zero attached hydrogens (tertiary/aromatic N) is 3. The van der Waals surface area contributed by atoms with E-state index in [0.717, 1.165) is 11.6 Å². The predicted molar refractivity (Wildman–Crippen MR) is 103 cm³/mol. The molecule has 3 nitrogen and oxygen atoms in total. The maximum Gasteiger partial charge on any atom is 0.0646 e. The maximum absolute atomic E-state index is 6.30. The van der Waals surface area contributed by atoms with Crippen LogP contribution in [-0.2, 0) is 6.54 Å². The summed E-state index contributed by atoms with van der Waals surface area (Å²) in [6, 6.07) is 15.6. The Bertz CT molecular complexity index is 737. The number of likely N-dealkylation sites (tertiary alicyclic amines) is 1. The van der Waals surface area contributed by atoms with Crippen molar-refractivity contribution in [2.45, 2.75) is 25.4 Å². The van der Waals surface area contributed by atoms with Gasteiger partial charge in [-0.05, 0) is 68.9 Å². The fourth-order valence-electron chi connectivity index (χ4n) is 4.03. The average Bonchev–Trinajstić information content (AvgIpc) is 2.71. The van der Waals surface area contributed by atoms with Crippen LogP contribution in [0.1, 0.15) is 18.4 Å². The summed E-state index contributed by atoms with van der Waals surface area (Å²) in [6.07, 6.45) is 2.43. The van der Waals surface area contributed by atoms with E-state index in [-0.39, 0.29) is 0 Å². The minimum Gasteiger partial charge on any atom is -0.362 e. The fourth-order valence-corrected chi connectivity index (χ4v) is 4.22. The van der Waals surface area contributed by atoms with Crippen LogP contribution in [0.3, 0.4) is 0 Å². The second-order valence-corrected chi connectivity index (χ2v) is 7.42. The predicted octanol–water partition coefficient (Wildman–Crippen LogP) is 4.52. The topological polar surface area (TPSA) is 9.72 Å². The molecule has 2 aromatic carbocycles. The van der Waals surface area contributed by atoms with Gasteiger partial charge in [-0.2, -0.15) is 0 Å². The van der Waals surface area contributed by atoms with Crippen molar-refractivity contribution in [3.63, 3.8) is 0 Å². The molecule has 126 valence electrons. The molecule has 0 N–H and O–H groups in total. The Morgan fingerprint density at radius 1 is 0.917 bits per heavy atom. The lowest BCUT2D eigenvalue weighted by Crippen LogP contribution is -2.43. The number of anilines is 3. The number of benzene rings is 2. The van der Waals surface area contributed by atoms with Crippen LogP contribution in [0.4, 0.5) is 17.1 Å². The Morgan fingerprint density at radius 2 is 1.62 bits per heavy atom. The molecule has 0 radical (unpaired) electrons. The lowest BCUT2D eigenvalue weighted by molar-refractivity contribution is 0.249. The first-order valence-corrected chi connectivity index (χ1v) is 9.07. The summed E-state index contributed by atoms with van der Waals surface area (Å²) in [5.41, 5.74) is 5.17. The summed E-state index contributed by atoms with van der Waals surface area (Å²) >= 11 is 6.30. The highest BCUT2D eigenvalue weighted by Gasteiger charge is 2.29. The molecule has 4 rings (SSSR count). The van der Waals surface area contributed by atoms with Gasteiger partial charge in [0.1, 0.15) is 0 Å². The highest BCUT2D eigenvalue weighted by Crippen LogP contribution is 2.42. The Kier molecular flexibility index (Phi) is 4.15. The molecule has 2 aromatic rings. The number of fused-ring (bicyclic) bond motifs is 2. The van der Waals surface area contributed by atoms with Crippen molar-refractivity contribution in [1.82, 2.24) is 4.90 Å². The van der Waals surface area contributed by atoms with E-state index in [0.29, 0.717) is 6.04 Å². The van der Waals surface area contributed by atoms with E-state index < -0.39 is 0 Å². The van der Waals surface area contributed by atoms with Crippen molar-refractivity contribution in [3.8, 4) is 0 Å². The minimum atomic E-state index is 0.584. The SMILES string of the molecule is CN1CCC(N2Cc3cc(Cl)ccc3N(C)c3ccccc32)CC1. The first-order chi connectivity index (χ1) is 11.6. The third kappa shape index (κ3) is 2.76. The van der Waals surface area contributed by atoms with Crippen LogP contribution in [0.25, 0.3) is 0 Å². The number of para-hydroxylation sites is 2. The van der Waals surface area contributed by atoms with Gasteiger partial charge in [0.05, 0.1) is 11.4 Å². The smallest absolute Gasteiger partial charge is 0.0646 e. The molecule has 2 heterocycles. The van der Waals surface area contributed by atoms with Gasteiger partial charge in [0.2, 0.25) is 0 Å². The van der Waals surface area contributed by atoms with E-state index in [4.69, 9.17) is 11.6 Å². The summed E-state index contributed by atoms with van der Waals surface area (Å²) in [5, 5.41) is 0.816. The normalized spacial score (nSPS) is 19.0. The van der Waals surface area contributed by atoms with Gasteiger partial charge in [-0.25, -0.2) is 0 Å². The van der Waals surface area contributed by atoms with Crippen LogP contribution in [0.15, 0.2) is 42.5 Å². The third-order valence-corrected chi connectivity index (χ3v) is 5.66. The molecule has 0 atom stereocenters. The Balaban J connectivity index is 1.79. The second-order valence-electron chi connectivity index (χ2n) is 6.98. The summed E-state index contributed by atoms with van der Waals surface area (Å²) in [4.78, 5) is 7.33. The number of rotatable bonds is 1. The molecule has 0 bridgehead atoms. The summed E-state index contributed by atoms with van der Waals surface area (Å²) in [7, 11) is 4.37. The zero-order valence-corrected chi connectivity index (χ0v) is 15.1. The van der Waals surface area contributed by atoms with Gasteiger partial charge < -0.3 is 14.7 Å². The van der Waals surface area contributed by atoms with E-state index >= 15 is 0 Å². The zero-order valence-electron chi connectivity index (χ0n) is 14.4. The van der Waals surface area contributed by atoms with Crippen molar-refractivity contribution >= 4 is 28.7 Å². The molecule has 2 aliphatic heterocycles. The Morgan fingerprint density at radius 3 is 2.38 bits per heavy atom. The van der Waals surface area contributed by atoms with E-state index in [2.05, 4.69) is 65.2 Å². The fraction of sp³-hybridized carbons (Fsp3) is 0.400. The molecule has 0 aromatic heterocycles. The maximum atomic E-state index is 6.30. The van der Waals surface area contributed by atoms with Gasteiger partial charge in [-0.1, -0.05) is 23.7 Å². The summed E-state index contributed by atoms with van der Waals surface area (Å²) < 4.78 is 0.